The predicted molar refractivity (Wildman–Crippen MR) is 67.9 cm³/mol. The smallest absolute Gasteiger partial charge is 0.410 e. The van der Waals surface area contributed by atoms with Gasteiger partial charge in [0.05, 0.1) is 0 Å². The van der Waals surface area contributed by atoms with E-state index in [1.165, 1.54) is 0 Å². The highest BCUT2D eigenvalue weighted by Gasteiger charge is 2.14. The van der Waals surface area contributed by atoms with Gasteiger partial charge in [0.2, 0.25) is 0 Å². The third-order valence-electron chi connectivity index (χ3n) is 1.92. The van der Waals surface area contributed by atoms with Gasteiger partial charge in [0.15, 0.2) is 0 Å². The van der Waals surface area contributed by atoms with E-state index in [1.54, 1.807) is 12.1 Å². The molecule has 0 spiro atoms. The van der Waals surface area contributed by atoms with Crippen LogP contribution in [0.5, 0.6) is 5.75 Å². The lowest BCUT2D eigenvalue weighted by Gasteiger charge is -2.19. The molecule has 1 N–H and O–H groups in total. The highest BCUT2D eigenvalue weighted by atomic mass is 16.6. The van der Waals surface area contributed by atoms with E-state index in [9.17, 15) is 4.79 Å². The van der Waals surface area contributed by atoms with Gasteiger partial charge in [-0.1, -0.05) is 12.1 Å². The van der Waals surface area contributed by atoms with Crippen LogP contribution in [0.2, 0.25) is 0 Å². The summed E-state index contributed by atoms with van der Waals surface area (Å²) < 4.78 is 5.12. The lowest BCUT2D eigenvalue weighted by atomic mass is 10.1. The van der Waals surface area contributed by atoms with E-state index in [-0.39, 0.29) is 5.54 Å². The number of benzene rings is 1. The monoisotopic (exact) mass is 231 g/mol. The minimum absolute atomic E-state index is 0.305. The Hall–Kier alpha value is -1.95. The normalized spacial score (nSPS) is 10.5. The number of amides is 1. The molecule has 1 aromatic carbocycles. The van der Waals surface area contributed by atoms with Crippen molar-refractivity contribution in [3.05, 3.63) is 29.8 Å². The molecule has 3 nitrogen and oxygen atoms in total. The first-order valence-corrected chi connectivity index (χ1v) is 5.43. The number of carbonyl (C=O) groups is 1. The molecule has 0 bridgehead atoms. The highest BCUT2D eigenvalue weighted by Crippen LogP contribution is 2.13. The second kappa shape index (κ2) is 5.40. The first-order chi connectivity index (χ1) is 7.90. The maximum Gasteiger partial charge on any atom is 0.413 e. The van der Waals surface area contributed by atoms with Gasteiger partial charge in [0.25, 0.3) is 0 Å². The van der Waals surface area contributed by atoms with Crippen LogP contribution in [0.4, 0.5) is 4.79 Å². The van der Waals surface area contributed by atoms with Crippen LogP contribution in [0, 0.1) is 12.3 Å². The van der Waals surface area contributed by atoms with Gasteiger partial charge in [-0.15, -0.1) is 12.3 Å². The van der Waals surface area contributed by atoms with E-state index >= 15 is 0 Å². The van der Waals surface area contributed by atoms with Gasteiger partial charge < -0.3 is 10.1 Å². The third-order valence-corrected chi connectivity index (χ3v) is 1.92. The average molecular weight is 231 g/mol. The summed E-state index contributed by atoms with van der Waals surface area (Å²) in [5.41, 5.74) is 0.719. The molecule has 1 aromatic rings. The molecular formula is C14H17NO2. The fraction of sp³-hybridized carbons (Fsp3) is 0.357. The van der Waals surface area contributed by atoms with Crippen molar-refractivity contribution in [1.29, 1.82) is 0 Å². The fourth-order valence-corrected chi connectivity index (χ4v) is 1.23. The van der Waals surface area contributed by atoms with Crippen molar-refractivity contribution in [3.8, 4) is 18.1 Å². The van der Waals surface area contributed by atoms with Crippen molar-refractivity contribution in [2.75, 3.05) is 0 Å². The molecule has 1 rings (SSSR count). The topological polar surface area (TPSA) is 38.3 Å². The maximum atomic E-state index is 11.5. The number of ether oxygens (including phenoxy) is 1. The van der Waals surface area contributed by atoms with Crippen LogP contribution in [0.3, 0.4) is 0 Å². The van der Waals surface area contributed by atoms with Crippen molar-refractivity contribution < 1.29 is 9.53 Å². The Morgan fingerprint density at radius 2 is 1.94 bits per heavy atom. The molecule has 0 heterocycles. The van der Waals surface area contributed by atoms with E-state index in [0.717, 1.165) is 5.56 Å². The molecule has 90 valence electrons. The third kappa shape index (κ3) is 5.07. The number of nitrogens with one attached hydrogen (secondary N) is 1. The van der Waals surface area contributed by atoms with E-state index in [4.69, 9.17) is 11.2 Å². The largest absolute Gasteiger partial charge is 0.413 e. The summed E-state index contributed by atoms with van der Waals surface area (Å²) in [6.07, 6.45) is 5.32. The molecule has 0 fully saturated rings. The predicted octanol–water partition coefficient (Wildman–Crippen LogP) is 2.75. The van der Waals surface area contributed by atoms with E-state index < -0.39 is 6.09 Å². The zero-order valence-electron chi connectivity index (χ0n) is 10.4. The molecule has 0 aromatic heterocycles. The second-order valence-corrected chi connectivity index (χ2v) is 4.79. The molecule has 0 radical (unpaired) electrons. The lowest BCUT2D eigenvalue weighted by Crippen LogP contribution is -2.42. The fourth-order valence-electron chi connectivity index (χ4n) is 1.23. The van der Waals surface area contributed by atoms with Crippen LogP contribution in [-0.2, 0) is 6.42 Å². The number of hydrogen-bond donors (Lipinski definition) is 1. The minimum atomic E-state index is -0.456. The van der Waals surface area contributed by atoms with Crippen LogP contribution < -0.4 is 10.1 Å². The van der Waals surface area contributed by atoms with Gasteiger partial charge in [-0.05, 0) is 38.5 Å². The Labute approximate surface area is 102 Å². The Kier molecular flexibility index (Phi) is 4.17. The molecule has 0 aliphatic carbocycles. The molecule has 1 amide bonds. The SMILES string of the molecule is C#CCc1ccc(OC(=O)NC(C)(C)C)cc1. The summed E-state index contributed by atoms with van der Waals surface area (Å²) in [6, 6.07) is 7.16. The van der Waals surface area contributed by atoms with Crippen LogP contribution in [0.15, 0.2) is 24.3 Å². The number of hydrogen-bond acceptors (Lipinski definition) is 2. The van der Waals surface area contributed by atoms with Crippen LogP contribution in [0.25, 0.3) is 0 Å². The molecule has 0 atom stereocenters. The molecule has 0 aliphatic heterocycles. The van der Waals surface area contributed by atoms with Crippen molar-refractivity contribution >= 4 is 6.09 Å². The standard InChI is InChI=1S/C14H17NO2/c1-5-6-11-7-9-12(10-8-11)17-13(16)15-14(2,3)4/h1,7-10H,6H2,2-4H3,(H,15,16). The maximum absolute atomic E-state index is 11.5. The molecular weight excluding hydrogens is 214 g/mol. The summed E-state index contributed by atoms with van der Waals surface area (Å²) in [5.74, 6) is 3.06. The minimum Gasteiger partial charge on any atom is -0.410 e. The molecule has 0 aliphatic rings. The number of terminal acetylenes is 1. The summed E-state index contributed by atoms with van der Waals surface area (Å²) in [7, 11) is 0. The molecule has 3 heteroatoms. The molecule has 17 heavy (non-hydrogen) atoms. The van der Waals surface area contributed by atoms with E-state index in [1.807, 2.05) is 32.9 Å². The van der Waals surface area contributed by atoms with Gasteiger partial charge in [-0.25, -0.2) is 4.79 Å². The van der Waals surface area contributed by atoms with Crippen LogP contribution in [-0.4, -0.2) is 11.6 Å². The molecule has 0 unspecified atom stereocenters. The first-order valence-electron chi connectivity index (χ1n) is 5.43. The zero-order chi connectivity index (χ0) is 12.9. The lowest BCUT2D eigenvalue weighted by molar-refractivity contribution is 0.190. The van der Waals surface area contributed by atoms with E-state index in [2.05, 4.69) is 11.2 Å². The summed E-state index contributed by atoms with van der Waals surface area (Å²) in [6.45, 7) is 5.68. The average Bonchev–Trinajstić information content (AvgIpc) is 2.18. The zero-order valence-corrected chi connectivity index (χ0v) is 10.4. The van der Waals surface area contributed by atoms with E-state index in [0.29, 0.717) is 12.2 Å². The van der Waals surface area contributed by atoms with Crippen LogP contribution >= 0.6 is 0 Å². The summed E-state index contributed by atoms with van der Waals surface area (Å²) >= 11 is 0. The van der Waals surface area contributed by atoms with Gasteiger partial charge in [0, 0.05) is 12.0 Å². The van der Waals surface area contributed by atoms with Crippen molar-refractivity contribution in [3.63, 3.8) is 0 Å². The summed E-state index contributed by atoms with van der Waals surface area (Å²) in [5, 5.41) is 2.71. The quantitative estimate of drug-likeness (QED) is 0.795. The van der Waals surface area contributed by atoms with Gasteiger partial charge in [0.1, 0.15) is 5.75 Å². The summed E-state index contributed by atoms with van der Waals surface area (Å²) in [4.78, 5) is 11.5. The highest BCUT2D eigenvalue weighted by molar-refractivity contribution is 5.71. The Balaban J connectivity index is 2.58. The van der Waals surface area contributed by atoms with Crippen LogP contribution in [0.1, 0.15) is 26.3 Å². The Morgan fingerprint density at radius 3 is 2.41 bits per heavy atom. The van der Waals surface area contributed by atoms with Gasteiger partial charge in [-0.2, -0.15) is 0 Å². The Bertz CT molecular complexity index is 421. The Morgan fingerprint density at radius 1 is 1.35 bits per heavy atom. The molecule has 0 saturated carbocycles. The molecule has 0 saturated heterocycles. The number of rotatable bonds is 2. The van der Waals surface area contributed by atoms with Gasteiger partial charge >= 0.3 is 6.09 Å². The second-order valence-electron chi connectivity index (χ2n) is 4.79. The van der Waals surface area contributed by atoms with Crippen molar-refractivity contribution in [1.82, 2.24) is 5.32 Å². The number of carbonyl (C=O) groups excluding carboxylic acids is 1. The first kappa shape index (κ1) is 13.1. The van der Waals surface area contributed by atoms with Crippen molar-refractivity contribution in [2.24, 2.45) is 0 Å². The van der Waals surface area contributed by atoms with Crippen molar-refractivity contribution in [2.45, 2.75) is 32.7 Å². The van der Waals surface area contributed by atoms with Gasteiger partial charge in [-0.3, -0.25) is 0 Å².